The van der Waals surface area contributed by atoms with Crippen molar-refractivity contribution in [3.63, 3.8) is 0 Å². The summed E-state index contributed by atoms with van der Waals surface area (Å²) in [7, 11) is 1.50. The van der Waals surface area contributed by atoms with Gasteiger partial charge in [0.2, 0.25) is 5.91 Å². The van der Waals surface area contributed by atoms with Gasteiger partial charge in [-0.05, 0) is 18.8 Å². The fraction of sp³-hybridized carbons (Fsp3) is 0.737. The minimum atomic E-state index is -0.697. The number of ether oxygens (including phenoxy) is 3. The first-order valence-corrected chi connectivity index (χ1v) is 9.96. The van der Waals surface area contributed by atoms with E-state index < -0.39 is 11.2 Å². The molecule has 1 saturated heterocycles. The second-order valence-corrected chi connectivity index (χ2v) is 7.50. The van der Waals surface area contributed by atoms with E-state index in [0.717, 1.165) is 19.4 Å². The topological polar surface area (TPSA) is 129 Å². The number of aromatic amines is 1. The Kier molecular flexibility index (Phi) is 8.87. The van der Waals surface area contributed by atoms with Crippen LogP contribution in [0.15, 0.2) is 9.59 Å². The van der Waals surface area contributed by atoms with Crippen LogP contribution in [0.25, 0.3) is 0 Å². The van der Waals surface area contributed by atoms with Gasteiger partial charge in [0.15, 0.2) is 5.69 Å². The lowest BCUT2D eigenvalue weighted by molar-refractivity contribution is -0.120. The highest BCUT2D eigenvalue weighted by molar-refractivity contribution is 5.95. The number of nitrogens with one attached hydrogen (secondary N) is 1. The van der Waals surface area contributed by atoms with Crippen molar-refractivity contribution in [2.75, 3.05) is 50.7 Å². The Labute approximate surface area is 169 Å². The van der Waals surface area contributed by atoms with E-state index in [1.54, 1.807) is 0 Å². The lowest BCUT2D eigenvalue weighted by Crippen LogP contribution is -2.43. The van der Waals surface area contributed by atoms with Crippen LogP contribution in [-0.2, 0) is 25.5 Å². The van der Waals surface area contributed by atoms with Crippen molar-refractivity contribution in [2.24, 2.45) is 5.92 Å². The average Bonchev–Trinajstić information content (AvgIpc) is 3.18. The van der Waals surface area contributed by atoms with Gasteiger partial charge in [-0.2, -0.15) is 0 Å². The zero-order valence-electron chi connectivity index (χ0n) is 17.4. The average molecular weight is 412 g/mol. The number of rotatable bonds is 11. The van der Waals surface area contributed by atoms with Gasteiger partial charge in [0, 0.05) is 26.8 Å². The van der Waals surface area contributed by atoms with Gasteiger partial charge in [0.25, 0.3) is 5.56 Å². The van der Waals surface area contributed by atoms with E-state index in [4.69, 9.17) is 19.9 Å². The lowest BCUT2D eigenvalue weighted by atomic mass is 10.2. The molecule has 10 nitrogen and oxygen atoms in total. The Hall–Kier alpha value is -2.17. The van der Waals surface area contributed by atoms with Crippen LogP contribution in [0.5, 0.6) is 0 Å². The standard InChI is InChI=1S/C19H32N4O6/c1-13(2)11-23-17(20)16(18(25)21-19(23)26)22(7-10-27-3)15(24)6-9-28-12-14-5-4-8-29-14/h13-14H,4-12,20H2,1-3H3,(H,21,25,26). The van der Waals surface area contributed by atoms with Crippen LogP contribution in [0.4, 0.5) is 11.5 Å². The molecule has 1 unspecified atom stereocenters. The number of hydrogen-bond donors (Lipinski definition) is 2. The fourth-order valence-electron chi connectivity index (χ4n) is 3.21. The monoisotopic (exact) mass is 412 g/mol. The lowest BCUT2D eigenvalue weighted by Gasteiger charge is -2.24. The number of nitrogens with two attached hydrogens (primary N) is 1. The maximum Gasteiger partial charge on any atom is 0.330 e. The first-order valence-electron chi connectivity index (χ1n) is 9.96. The zero-order chi connectivity index (χ0) is 21.4. The molecule has 29 heavy (non-hydrogen) atoms. The molecular formula is C19H32N4O6. The summed E-state index contributed by atoms with van der Waals surface area (Å²) in [5.74, 6) is -0.235. The van der Waals surface area contributed by atoms with E-state index in [-0.39, 0.29) is 55.6 Å². The molecular weight excluding hydrogens is 380 g/mol. The first-order chi connectivity index (χ1) is 13.8. The highest BCUT2D eigenvalue weighted by atomic mass is 16.5. The molecule has 1 atom stereocenters. The smallest absolute Gasteiger partial charge is 0.330 e. The molecule has 1 amide bonds. The molecule has 10 heteroatoms. The Morgan fingerprint density at radius 2 is 2.14 bits per heavy atom. The number of amides is 1. The maximum absolute atomic E-state index is 12.8. The molecule has 1 aliphatic rings. The summed E-state index contributed by atoms with van der Waals surface area (Å²) in [6.45, 7) is 5.90. The van der Waals surface area contributed by atoms with Gasteiger partial charge in [-0.3, -0.25) is 19.1 Å². The molecule has 2 heterocycles. The van der Waals surface area contributed by atoms with Crippen LogP contribution in [0.1, 0.15) is 33.1 Å². The molecule has 0 radical (unpaired) electrons. The third-order valence-corrected chi connectivity index (χ3v) is 4.64. The number of carbonyl (C=O) groups excluding carboxylic acids is 1. The summed E-state index contributed by atoms with van der Waals surface area (Å²) in [4.78, 5) is 41.0. The third-order valence-electron chi connectivity index (χ3n) is 4.64. The summed E-state index contributed by atoms with van der Waals surface area (Å²) < 4.78 is 17.4. The van der Waals surface area contributed by atoms with E-state index in [9.17, 15) is 14.4 Å². The molecule has 1 aliphatic heterocycles. The number of anilines is 2. The number of H-pyrrole nitrogens is 1. The quantitative estimate of drug-likeness (QED) is 0.501. The van der Waals surface area contributed by atoms with Crippen molar-refractivity contribution in [2.45, 2.75) is 45.8 Å². The second-order valence-electron chi connectivity index (χ2n) is 7.50. The van der Waals surface area contributed by atoms with Gasteiger partial charge >= 0.3 is 5.69 Å². The van der Waals surface area contributed by atoms with Crippen molar-refractivity contribution in [1.82, 2.24) is 9.55 Å². The molecule has 1 aromatic heterocycles. The number of nitrogens with zero attached hydrogens (tertiary/aromatic N) is 2. The summed E-state index contributed by atoms with van der Waals surface area (Å²) in [5.41, 5.74) is 4.82. The fourth-order valence-corrected chi connectivity index (χ4v) is 3.21. The van der Waals surface area contributed by atoms with E-state index in [0.29, 0.717) is 13.2 Å². The molecule has 164 valence electrons. The minimum absolute atomic E-state index is 0.0304. The molecule has 0 spiro atoms. The van der Waals surface area contributed by atoms with Crippen molar-refractivity contribution in [1.29, 1.82) is 0 Å². The Morgan fingerprint density at radius 1 is 1.38 bits per heavy atom. The first kappa shape index (κ1) is 23.1. The maximum atomic E-state index is 12.8. The van der Waals surface area contributed by atoms with E-state index >= 15 is 0 Å². The Balaban J connectivity index is 2.16. The van der Waals surface area contributed by atoms with Gasteiger partial charge < -0.3 is 24.8 Å². The van der Waals surface area contributed by atoms with Crippen molar-refractivity contribution < 1.29 is 19.0 Å². The molecule has 0 saturated carbocycles. The number of nitrogen functional groups attached to an aromatic ring is 1. The molecule has 1 fully saturated rings. The highest BCUT2D eigenvalue weighted by Gasteiger charge is 2.24. The number of hydrogen-bond acceptors (Lipinski definition) is 7. The van der Waals surface area contributed by atoms with Crippen LogP contribution >= 0.6 is 0 Å². The van der Waals surface area contributed by atoms with E-state index in [1.165, 1.54) is 16.6 Å². The highest BCUT2D eigenvalue weighted by Crippen LogP contribution is 2.19. The van der Waals surface area contributed by atoms with Crippen LogP contribution in [-0.4, -0.2) is 61.6 Å². The summed E-state index contributed by atoms with van der Waals surface area (Å²) in [6, 6.07) is 0. The molecule has 1 aromatic rings. The van der Waals surface area contributed by atoms with Crippen LogP contribution < -0.4 is 21.9 Å². The van der Waals surface area contributed by atoms with Gasteiger partial charge in [-0.25, -0.2) is 4.79 Å². The van der Waals surface area contributed by atoms with Gasteiger partial charge in [-0.15, -0.1) is 0 Å². The van der Waals surface area contributed by atoms with Crippen LogP contribution in [0.2, 0.25) is 0 Å². The van der Waals surface area contributed by atoms with Crippen molar-refractivity contribution in [3.05, 3.63) is 20.8 Å². The number of methoxy groups -OCH3 is 1. The SMILES string of the molecule is COCCN(C(=O)CCOCC1CCCO1)c1c(N)n(CC(C)C)c(=O)[nH]c1=O. The number of carbonyl (C=O) groups is 1. The van der Waals surface area contributed by atoms with Gasteiger partial charge in [0.05, 0.1) is 32.3 Å². The van der Waals surface area contributed by atoms with E-state index in [1.807, 2.05) is 13.8 Å². The largest absolute Gasteiger partial charge is 0.383 e. The predicted molar refractivity (Wildman–Crippen MR) is 109 cm³/mol. The second kappa shape index (κ2) is 11.1. The normalized spacial score (nSPS) is 16.5. The molecule has 2 rings (SSSR count). The van der Waals surface area contributed by atoms with Gasteiger partial charge in [-0.1, -0.05) is 13.8 Å². The molecule has 0 aromatic carbocycles. The summed E-state index contributed by atoms with van der Waals surface area (Å²) in [6.07, 6.45) is 2.12. The predicted octanol–water partition coefficient (Wildman–Crippen LogP) is 0.340. The van der Waals surface area contributed by atoms with Crippen LogP contribution in [0, 0.1) is 5.92 Å². The Bertz CT molecular complexity index is 782. The van der Waals surface area contributed by atoms with Crippen molar-refractivity contribution >= 4 is 17.4 Å². The van der Waals surface area contributed by atoms with Gasteiger partial charge in [0.1, 0.15) is 5.82 Å². The number of aromatic nitrogens is 2. The minimum Gasteiger partial charge on any atom is -0.383 e. The summed E-state index contributed by atoms with van der Waals surface area (Å²) in [5, 5.41) is 0. The summed E-state index contributed by atoms with van der Waals surface area (Å²) >= 11 is 0. The molecule has 0 aliphatic carbocycles. The van der Waals surface area contributed by atoms with Crippen molar-refractivity contribution in [3.8, 4) is 0 Å². The third kappa shape index (κ3) is 6.41. The molecule has 0 bridgehead atoms. The van der Waals surface area contributed by atoms with Crippen LogP contribution in [0.3, 0.4) is 0 Å². The molecule has 3 N–H and O–H groups in total. The van der Waals surface area contributed by atoms with E-state index in [2.05, 4.69) is 4.98 Å². The Morgan fingerprint density at radius 3 is 2.76 bits per heavy atom. The zero-order valence-corrected chi connectivity index (χ0v) is 17.4.